The van der Waals surface area contributed by atoms with Crippen molar-refractivity contribution in [1.82, 2.24) is 30.3 Å². The maximum Gasteiger partial charge on any atom is 0.282 e. The first kappa shape index (κ1) is 22.2. The molecule has 1 amide bonds. The number of benzene rings is 1. The Balaban J connectivity index is 1.38. The molecule has 0 aliphatic carbocycles. The molecule has 4 aromatic rings. The van der Waals surface area contributed by atoms with Crippen molar-refractivity contribution in [2.24, 2.45) is 5.92 Å². The molecule has 0 atom stereocenters. The average molecular weight is 469 g/mol. The fourth-order valence-corrected chi connectivity index (χ4v) is 4.70. The third kappa shape index (κ3) is 5.43. The maximum atomic E-state index is 12.4. The normalized spacial score (nSPS) is 11.2. The predicted molar refractivity (Wildman–Crippen MR) is 124 cm³/mol. The Morgan fingerprint density at radius 1 is 1.16 bits per heavy atom. The molecular formula is C22H24N6O2S2. The van der Waals surface area contributed by atoms with Gasteiger partial charge >= 0.3 is 0 Å². The van der Waals surface area contributed by atoms with Crippen LogP contribution in [0.3, 0.4) is 0 Å². The number of hydrogen-bond acceptors (Lipinski definition) is 8. The summed E-state index contributed by atoms with van der Waals surface area (Å²) < 4.78 is 7.57. The van der Waals surface area contributed by atoms with Gasteiger partial charge in [-0.25, -0.2) is 0 Å². The first-order valence-electron chi connectivity index (χ1n) is 10.3. The molecule has 4 rings (SSSR count). The highest BCUT2D eigenvalue weighted by Crippen LogP contribution is 2.28. The van der Waals surface area contributed by atoms with E-state index in [1.54, 1.807) is 6.26 Å². The Labute approximate surface area is 194 Å². The predicted octanol–water partition coefficient (Wildman–Crippen LogP) is 4.58. The molecule has 10 heteroatoms. The number of furan rings is 1. The van der Waals surface area contributed by atoms with Crippen LogP contribution < -0.4 is 5.32 Å². The zero-order valence-electron chi connectivity index (χ0n) is 18.1. The molecule has 0 fully saturated rings. The first-order chi connectivity index (χ1) is 15.5. The van der Waals surface area contributed by atoms with Crippen LogP contribution in [0.2, 0.25) is 0 Å². The molecule has 0 bridgehead atoms. The summed E-state index contributed by atoms with van der Waals surface area (Å²) in [6.45, 7) is 7.55. The molecule has 1 N–H and O–H groups in total. The molecule has 1 aromatic carbocycles. The van der Waals surface area contributed by atoms with Crippen LogP contribution >= 0.6 is 23.1 Å². The number of carbonyl (C=O) groups is 1. The highest BCUT2D eigenvalue weighted by atomic mass is 32.2. The number of thioether (sulfide) groups is 1. The Morgan fingerprint density at radius 3 is 2.69 bits per heavy atom. The zero-order chi connectivity index (χ0) is 22.5. The van der Waals surface area contributed by atoms with Gasteiger partial charge in [-0.3, -0.25) is 9.36 Å². The van der Waals surface area contributed by atoms with E-state index < -0.39 is 0 Å². The Bertz CT molecular complexity index is 1170. The number of rotatable bonds is 9. The second-order valence-corrected chi connectivity index (χ2v) is 9.75. The smallest absolute Gasteiger partial charge is 0.282 e. The van der Waals surface area contributed by atoms with Crippen LogP contribution in [0.4, 0.5) is 0 Å². The largest absolute Gasteiger partial charge is 0.461 e. The van der Waals surface area contributed by atoms with Crippen molar-refractivity contribution in [3.05, 3.63) is 63.8 Å². The highest BCUT2D eigenvalue weighted by Gasteiger charge is 2.19. The molecular weight excluding hydrogens is 444 g/mol. The maximum absolute atomic E-state index is 12.4. The van der Waals surface area contributed by atoms with Crippen LogP contribution in [0, 0.1) is 12.8 Å². The summed E-state index contributed by atoms with van der Waals surface area (Å²) in [6.07, 6.45) is 1.63. The number of hydrogen-bond donors (Lipinski definition) is 1. The molecule has 0 radical (unpaired) electrons. The number of aromatic nitrogens is 5. The highest BCUT2D eigenvalue weighted by molar-refractivity contribution is 7.98. The quantitative estimate of drug-likeness (QED) is 0.359. The lowest BCUT2D eigenvalue weighted by molar-refractivity contribution is 0.0950. The van der Waals surface area contributed by atoms with Gasteiger partial charge in [0.2, 0.25) is 5.01 Å². The van der Waals surface area contributed by atoms with Crippen LogP contribution in [-0.4, -0.2) is 30.9 Å². The van der Waals surface area contributed by atoms with Crippen LogP contribution in [0.1, 0.15) is 39.8 Å². The molecule has 3 heterocycles. The molecule has 0 spiro atoms. The van der Waals surface area contributed by atoms with E-state index in [1.807, 2.05) is 43.3 Å². The summed E-state index contributed by atoms with van der Waals surface area (Å²) in [6, 6.07) is 11.8. The third-order valence-electron chi connectivity index (χ3n) is 4.57. The summed E-state index contributed by atoms with van der Waals surface area (Å²) >= 11 is 2.81. The van der Waals surface area contributed by atoms with Crippen molar-refractivity contribution in [3.8, 4) is 11.6 Å². The van der Waals surface area contributed by atoms with Gasteiger partial charge in [-0.1, -0.05) is 66.8 Å². The molecule has 166 valence electrons. The SMILES string of the molecule is Cc1ccc(CNC(=O)c2nnc(CSc3nnc(-c4ccco4)n3CC(C)C)s2)cc1. The number of amides is 1. The van der Waals surface area contributed by atoms with E-state index in [1.165, 1.54) is 28.7 Å². The van der Waals surface area contributed by atoms with Gasteiger partial charge in [0.25, 0.3) is 5.91 Å². The van der Waals surface area contributed by atoms with E-state index in [4.69, 9.17) is 4.42 Å². The van der Waals surface area contributed by atoms with Crippen molar-refractivity contribution < 1.29 is 9.21 Å². The first-order valence-corrected chi connectivity index (χ1v) is 12.1. The van der Waals surface area contributed by atoms with Crippen molar-refractivity contribution in [3.63, 3.8) is 0 Å². The summed E-state index contributed by atoms with van der Waals surface area (Å²) in [5, 5.41) is 21.7. The molecule has 0 unspecified atom stereocenters. The van der Waals surface area contributed by atoms with Gasteiger partial charge in [-0.15, -0.1) is 20.4 Å². The third-order valence-corrected chi connectivity index (χ3v) is 6.65. The summed E-state index contributed by atoms with van der Waals surface area (Å²) in [5.41, 5.74) is 2.23. The lowest BCUT2D eigenvalue weighted by atomic mass is 10.1. The van der Waals surface area contributed by atoms with Crippen LogP contribution in [0.25, 0.3) is 11.6 Å². The molecule has 8 nitrogen and oxygen atoms in total. The number of aryl methyl sites for hydroxylation is 1. The van der Waals surface area contributed by atoms with E-state index >= 15 is 0 Å². The lowest BCUT2D eigenvalue weighted by Crippen LogP contribution is -2.22. The molecule has 0 aliphatic heterocycles. The minimum Gasteiger partial charge on any atom is -0.461 e. The number of carbonyl (C=O) groups excluding carboxylic acids is 1. The van der Waals surface area contributed by atoms with Gasteiger partial charge in [-0.05, 0) is 30.5 Å². The van der Waals surface area contributed by atoms with Crippen LogP contribution in [-0.2, 0) is 18.8 Å². The second-order valence-electron chi connectivity index (χ2n) is 7.75. The second kappa shape index (κ2) is 10.1. The monoisotopic (exact) mass is 468 g/mol. The minimum atomic E-state index is -0.220. The molecule has 0 aliphatic rings. The van der Waals surface area contributed by atoms with Crippen LogP contribution in [0.5, 0.6) is 0 Å². The van der Waals surface area contributed by atoms with Gasteiger partial charge in [0.1, 0.15) is 5.01 Å². The topological polar surface area (TPSA) is 98.7 Å². The van der Waals surface area contributed by atoms with Crippen molar-refractivity contribution in [2.75, 3.05) is 0 Å². The van der Waals surface area contributed by atoms with Gasteiger partial charge in [0.05, 0.1) is 12.0 Å². The van der Waals surface area contributed by atoms with Crippen molar-refractivity contribution in [2.45, 2.75) is 44.8 Å². The molecule has 0 saturated carbocycles. The zero-order valence-corrected chi connectivity index (χ0v) is 19.7. The summed E-state index contributed by atoms with van der Waals surface area (Å²) in [4.78, 5) is 12.4. The molecule has 0 saturated heterocycles. The summed E-state index contributed by atoms with van der Waals surface area (Å²) in [5.74, 6) is 2.15. The number of nitrogens with one attached hydrogen (secondary N) is 1. The Morgan fingerprint density at radius 2 is 1.97 bits per heavy atom. The average Bonchev–Trinajstić information content (AvgIpc) is 3.52. The van der Waals surface area contributed by atoms with E-state index in [2.05, 4.69) is 44.1 Å². The Kier molecular flexibility index (Phi) is 7.01. The van der Waals surface area contributed by atoms with Gasteiger partial charge < -0.3 is 9.73 Å². The fraction of sp³-hybridized carbons (Fsp3) is 0.318. The van der Waals surface area contributed by atoms with E-state index in [-0.39, 0.29) is 5.91 Å². The molecule has 32 heavy (non-hydrogen) atoms. The summed E-state index contributed by atoms with van der Waals surface area (Å²) in [7, 11) is 0. The van der Waals surface area contributed by atoms with Gasteiger partial charge in [-0.2, -0.15) is 0 Å². The van der Waals surface area contributed by atoms with Crippen molar-refractivity contribution >= 4 is 29.0 Å². The Hall–Kier alpha value is -2.98. The van der Waals surface area contributed by atoms with Crippen LogP contribution in [0.15, 0.2) is 52.2 Å². The van der Waals surface area contributed by atoms with E-state index in [9.17, 15) is 4.79 Å². The minimum absolute atomic E-state index is 0.220. The fourth-order valence-electron chi connectivity index (χ4n) is 3.01. The van der Waals surface area contributed by atoms with Crippen molar-refractivity contribution in [1.29, 1.82) is 0 Å². The molecule has 3 aromatic heterocycles. The number of nitrogens with zero attached hydrogens (tertiary/aromatic N) is 5. The van der Waals surface area contributed by atoms with E-state index in [0.717, 1.165) is 22.3 Å². The van der Waals surface area contributed by atoms with Gasteiger partial charge in [0, 0.05) is 13.1 Å². The standard InChI is InChI=1S/C22H24N6O2S2/c1-14(2)12-28-19(17-5-4-10-30-17)25-27-22(28)31-13-18-24-26-21(32-18)20(29)23-11-16-8-6-15(3)7-9-16/h4-10,14H,11-13H2,1-3H3,(H,23,29). The van der Waals surface area contributed by atoms with E-state index in [0.29, 0.717) is 34.8 Å². The van der Waals surface area contributed by atoms with Gasteiger partial charge in [0.15, 0.2) is 16.7 Å². The lowest BCUT2D eigenvalue weighted by Gasteiger charge is -2.10.